The molecule has 0 spiro atoms. The number of halogens is 1. The molecule has 2 aromatic rings. The van der Waals surface area contributed by atoms with Gasteiger partial charge in [0, 0.05) is 29.3 Å². The Morgan fingerprint density at radius 2 is 2.19 bits per heavy atom. The number of hydrogen-bond donors (Lipinski definition) is 1. The van der Waals surface area contributed by atoms with Gasteiger partial charge in [-0.3, -0.25) is 0 Å². The van der Waals surface area contributed by atoms with Crippen LogP contribution in [0.25, 0.3) is 0 Å². The Hall–Kier alpha value is -1.26. The highest BCUT2D eigenvalue weighted by molar-refractivity contribution is 9.10. The highest BCUT2D eigenvalue weighted by Crippen LogP contribution is 2.42. The molecule has 2 aliphatic rings. The molecular weight excluding hydrogens is 332 g/mol. The third-order valence-corrected chi connectivity index (χ3v) is 5.01. The lowest BCUT2D eigenvalue weighted by Gasteiger charge is -2.32. The monoisotopic (exact) mass is 348 g/mol. The zero-order valence-corrected chi connectivity index (χ0v) is 13.3. The molecule has 3 nitrogen and oxygen atoms in total. The topological polar surface area (TPSA) is 42.6 Å². The number of rotatable bonds is 2. The maximum atomic E-state index is 11.2. The van der Waals surface area contributed by atoms with Crippen LogP contribution < -0.4 is 4.74 Å². The van der Waals surface area contributed by atoms with Crippen molar-refractivity contribution in [2.45, 2.75) is 37.7 Å². The predicted molar refractivity (Wildman–Crippen MR) is 82.6 cm³/mol. The summed E-state index contributed by atoms with van der Waals surface area (Å²) in [4.78, 5) is 0. The van der Waals surface area contributed by atoms with Crippen molar-refractivity contribution < 1.29 is 14.3 Å². The molecule has 110 valence electrons. The molecule has 0 amide bonds. The summed E-state index contributed by atoms with van der Waals surface area (Å²) in [6.45, 7) is 0.730. The van der Waals surface area contributed by atoms with Crippen molar-refractivity contribution in [1.29, 1.82) is 0 Å². The number of benzene rings is 1. The van der Waals surface area contributed by atoms with Crippen LogP contribution in [0.1, 0.15) is 35.3 Å². The number of ether oxygens (including phenoxy) is 1. The quantitative estimate of drug-likeness (QED) is 0.898. The smallest absolute Gasteiger partial charge is 0.126 e. The Labute approximate surface area is 132 Å². The van der Waals surface area contributed by atoms with Gasteiger partial charge in [0.25, 0.3) is 0 Å². The fraction of sp³-hybridized carbons (Fsp3) is 0.412. The van der Waals surface area contributed by atoms with Gasteiger partial charge in [0.15, 0.2) is 0 Å². The highest BCUT2D eigenvalue weighted by atomic mass is 79.9. The molecule has 0 saturated heterocycles. The van der Waals surface area contributed by atoms with E-state index in [1.165, 1.54) is 5.56 Å². The van der Waals surface area contributed by atoms with E-state index in [0.717, 1.165) is 59.4 Å². The first-order chi connectivity index (χ1) is 10.2. The fourth-order valence-corrected chi connectivity index (χ4v) is 4.15. The number of furan rings is 1. The molecule has 1 atom stereocenters. The largest absolute Gasteiger partial charge is 0.493 e. The molecule has 1 unspecified atom stereocenters. The second-order valence-electron chi connectivity index (χ2n) is 5.97. The molecule has 21 heavy (non-hydrogen) atoms. The molecule has 0 radical (unpaired) electrons. The summed E-state index contributed by atoms with van der Waals surface area (Å²) in [5.41, 5.74) is 2.40. The van der Waals surface area contributed by atoms with Crippen molar-refractivity contribution in [3.63, 3.8) is 0 Å². The van der Waals surface area contributed by atoms with Crippen LogP contribution in [-0.2, 0) is 24.9 Å². The molecule has 1 aromatic heterocycles. The minimum atomic E-state index is -0.846. The van der Waals surface area contributed by atoms with Crippen molar-refractivity contribution in [3.05, 3.63) is 51.4 Å². The zero-order valence-electron chi connectivity index (χ0n) is 11.7. The molecule has 1 aliphatic carbocycles. The van der Waals surface area contributed by atoms with E-state index in [4.69, 9.17) is 9.15 Å². The highest BCUT2D eigenvalue weighted by Gasteiger charge is 2.37. The normalized spacial score (nSPS) is 23.5. The van der Waals surface area contributed by atoms with E-state index in [2.05, 4.69) is 28.1 Å². The fourth-order valence-electron chi connectivity index (χ4n) is 3.60. The van der Waals surface area contributed by atoms with Crippen LogP contribution >= 0.6 is 15.9 Å². The van der Waals surface area contributed by atoms with Crippen LogP contribution in [0.15, 0.2) is 33.4 Å². The maximum Gasteiger partial charge on any atom is 0.126 e. The molecule has 1 aromatic carbocycles. The molecule has 0 bridgehead atoms. The Balaban J connectivity index is 1.75. The van der Waals surface area contributed by atoms with E-state index in [1.807, 2.05) is 6.07 Å². The summed E-state index contributed by atoms with van der Waals surface area (Å²) in [5.74, 6) is 1.89. The number of fused-ring (bicyclic) bond motifs is 2. The third kappa shape index (κ3) is 2.21. The van der Waals surface area contributed by atoms with Crippen molar-refractivity contribution in [3.8, 4) is 5.75 Å². The number of aliphatic hydroxyl groups is 1. The average Bonchev–Trinajstić information content (AvgIpc) is 3.07. The lowest BCUT2D eigenvalue weighted by Crippen LogP contribution is -2.32. The molecular formula is C17H17BrO3. The van der Waals surface area contributed by atoms with Crippen LogP contribution in [0, 0.1) is 0 Å². The van der Waals surface area contributed by atoms with Gasteiger partial charge in [0.05, 0.1) is 18.5 Å². The number of hydrogen-bond acceptors (Lipinski definition) is 3. The van der Waals surface area contributed by atoms with Crippen LogP contribution in [0.3, 0.4) is 0 Å². The van der Waals surface area contributed by atoms with E-state index in [-0.39, 0.29) is 0 Å². The Kier molecular flexibility index (Phi) is 3.12. The number of aryl methyl sites for hydroxylation is 1. The van der Waals surface area contributed by atoms with Crippen LogP contribution in [0.5, 0.6) is 5.75 Å². The minimum absolute atomic E-state index is 0.571. The molecule has 4 heteroatoms. The van der Waals surface area contributed by atoms with Crippen LogP contribution in [0.4, 0.5) is 0 Å². The van der Waals surface area contributed by atoms with Gasteiger partial charge in [-0.25, -0.2) is 0 Å². The second-order valence-corrected chi connectivity index (χ2v) is 6.89. The average molecular weight is 349 g/mol. The molecule has 1 aliphatic heterocycles. The van der Waals surface area contributed by atoms with Gasteiger partial charge < -0.3 is 14.3 Å². The van der Waals surface area contributed by atoms with E-state index < -0.39 is 5.60 Å². The molecule has 0 saturated carbocycles. The Morgan fingerprint density at radius 1 is 1.29 bits per heavy atom. The summed E-state index contributed by atoms with van der Waals surface area (Å²) in [7, 11) is 0. The molecule has 1 N–H and O–H groups in total. The second kappa shape index (κ2) is 4.89. The van der Waals surface area contributed by atoms with E-state index >= 15 is 0 Å². The van der Waals surface area contributed by atoms with Gasteiger partial charge in [0.1, 0.15) is 11.5 Å². The lowest BCUT2D eigenvalue weighted by molar-refractivity contribution is 0.0163. The third-order valence-electron chi connectivity index (χ3n) is 4.55. The summed E-state index contributed by atoms with van der Waals surface area (Å²) in [6.07, 6.45) is 5.83. The molecule has 0 fully saturated rings. The van der Waals surface area contributed by atoms with Crippen molar-refractivity contribution in [2.24, 2.45) is 0 Å². The molecule has 4 rings (SSSR count). The van der Waals surface area contributed by atoms with Gasteiger partial charge in [0.2, 0.25) is 0 Å². The zero-order chi connectivity index (χ0) is 14.4. The van der Waals surface area contributed by atoms with Crippen molar-refractivity contribution in [1.82, 2.24) is 0 Å². The van der Waals surface area contributed by atoms with Crippen LogP contribution in [-0.4, -0.2) is 11.7 Å². The Morgan fingerprint density at radius 3 is 3.10 bits per heavy atom. The first kappa shape index (κ1) is 13.4. The van der Waals surface area contributed by atoms with E-state index in [1.54, 1.807) is 6.26 Å². The van der Waals surface area contributed by atoms with Crippen molar-refractivity contribution >= 4 is 15.9 Å². The van der Waals surface area contributed by atoms with Gasteiger partial charge in [-0.1, -0.05) is 15.9 Å². The summed E-state index contributed by atoms with van der Waals surface area (Å²) >= 11 is 3.57. The van der Waals surface area contributed by atoms with Crippen LogP contribution in [0.2, 0.25) is 0 Å². The van der Waals surface area contributed by atoms with E-state index in [9.17, 15) is 5.11 Å². The summed E-state index contributed by atoms with van der Waals surface area (Å²) in [6, 6.07) is 6.09. The summed E-state index contributed by atoms with van der Waals surface area (Å²) in [5, 5.41) is 11.2. The van der Waals surface area contributed by atoms with Gasteiger partial charge >= 0.3 is 0 Å². The minimum Gasteiger partial charge on any atom is -0.493 e. The first-order valence-electron chi connectivity index (χ1n) is 7.39. The molecule has 2 heterocycles. The van der Waals surface area contributed by atoms with Crippen molar-refractivity contribution in [2.75, 3.05) is 6.61 Å². The lowest BCUT2D eigenvalue weighted by atomic mass is 9.78. The Bertz CT molecular complexity index is 691. The predicted octanol–water partition coefficient (Wildman–Crippen LogP) is 3.74. The SMILES string of the molecule is OC1(Cc2cc(Br)cc3c2OCC3)CCCc2occc21. The van der Waals surface area contributed by atoms with Gasteiger partial charge in [-0.05, 0) is 42.2 Å². The van der Waals surface area contributed by atoms with E-state index in [0.29, 0.717) is 6.42 Å². The standard InChI is InChI=1S/C17H17BrO3/c18-13-8-11-3-6-21-16(11)12(9-13)10-17(19)5-1-2-15-14(17)4-7-20-15/h4,7-9,19H,1-3,5-6,10H2. The van der Waals surface area contributed by atoms with Gasteiger partial charge in [-0.15, -0.1) is 0 Å². The maximum absolute atomic E-state index is 11.2. The first-order valence-corrected chi connectivity index (χ1v) is 8.18. The van der Waals surface area contributed by atoms with Gasteiger partial charge in [-0.2, -0.15) is 0 Å². The summed E-state index contributed by atoms with van der Waals surface area (Å²) < 4.78 is 12.3.